The molecule has 0 bridgehead atoms. The first-order valence-electron chi connectivity index (χ1n) is 6.97. The maximum Gasteiger partial charge on any atom is 0.224 e. The number of fused-ring (bicyclic) bond motifs is 1. The number of hydrogen-bond donors (Lipinski definition) is 1. The van der Waals surface area contributed by atoms with Crippen LogP contribution in [0.5, 0.6) is 0 Å². The topological polar surface area (TPSA) is 44.3 Å². The highest BCUT2D eigenvalue weighted by Gasteiger charge is 2.30. The standard InChI is InChI=1S/C13H20ClN5/c1-15-13-16-8-11(14)12(17-13)19-7-6-18-5-3-2-4-10(18)9-19/h8,10H,2-7,9H2,1H3,(H,15,16,17). The summed E-state index contributed by atoms with van der Waals surface area (Å²) in [5, 5.41) is 3.61. The molecule has 1 aromatic rings. The molecule has 6 heteroatoms. The summed E-state index contributed by atoms with van der Waals surface area (Å²) in [6.07, 6.45) is 5.66. The summed E-state index contributed by atoms with van der Waals surface area (Å²) in [5.74, 6) is 1.50. The van der Waals surface area contributed by atoms with E-state index in [-0.39, 0.29) is 0 Å². The van der Waals surface area contributed by atoms with Crippen LogP contribution in [0.25, 0.3) is 0 Å². The zero-order valence-corrected chi connectivity index (χ0v) is 12.0. The molecule has 1 aromatic heterocycles. The van der Waals surface area contributed by atoms with E-state index in [4.69, 9.17) is 11.6 Å². The Morgan fingerprint density at radius 3 is 3.05 bits per heavy atom. The molecule has 0 aliphatic carbocycles. The van der Waals surface area contributed by atoms with Gasteiger partial charge in [0.2, 0.25) is 5.95 Å². The number of aromatic nitrogens is 2. The van der Waals surface area contributed by atoms with Crippen molar-refractivity contribution in [3.8, 4) is 0 Å². The average Bonchev–Trinajstić information content (AvgIpc) is 2.47. The number of hydrogen-bond acceptors (Lipinski definition) is 5. The summed E-state index contributed by atoms with van der Waals surface area (Å²) in [6.45, 7) is 4.38. The Kier molecular flexibility index (Phi) is 3.75. The van der Waals surface area contributed by atoms with Gasteiger partial charge in [0.05, 0.1) is 6.20 Å². The molecule has 0 spiro atoms. The summed E-state index contributed by atoms with van der Waals surface area (Å²) in [6, 6.07) is 0.659. The molecule has 1 unspecified atom stereocenters. The molecule has 1 N–H and O–H groups in total. The quantitative estimate of drug-likeness (QED) is 0.896. The molecule has 2 fully saturated rings. The van der Waals surface area contributed by atoms with Crippen molar-refractivity contribution in [2.75, 3.05) is 43.4 Å². The molecule has 2 aliphatic heterocycles. The fraction of sp³-hybridized carbons (Fsp3) is 0.692. The minimum atomic E-state index is 0.630. The van der Waals surface area contributed by atoms with Gasteiger partial charge in [-0.1, -0.05) is 18.0 Å². The number of rotatable bonds is 2. The van der Waals surface area contributed by atoms with Gasteiger partial charge in [-0.3, -0.25) is 4.90 Å². The molecule has 2 saturated heterocycles. The first kappa shape index (κ1) is 12.9. The Morgan fingerprint density at radius 1 is 1.32 bits per heavy atom. The Hall–Kier alpha value is -1.07. The van der Waals surface area contributed by atoms with E-state index >= 15 is 0 Å². The number of anilines is 2. The van der Waals surface area contributed by atoms with Crippen LogP contribution in [0.1, 0.15) is 19.3 Å². The Balaban J connectivity index is 1.79. The minimum absolute atomic E-state index is 0.630. The van der Waals surface area contributed by atoms with Crippen LogP contribution in [-0.4, -0.2) is 54.1 Å². The third-order valence-corrected chi connectivity index (χ3v) is 4.35. The highest BCUT2D eigenvalue weighted by atomic mass is 35.5. The zero-order chi connectivity index (χ0) is 13.2. The monoisotopic (exact) mass is 281 g/mol. The number of halogens is 1. The first-order chi connectivity index (χ1) is 9.28. The fourth-order valence-electron chi connectivity index (χ4n) is 3.05. The lowest BCUT2D eigenvalue weighted by molar-refractivity contribution is 0.133. The predicted molar refractivity (Wildman–Crippen MR) is 78.0 cm³/mol. The predicted octanol–water partition coefficient (Wildman–Crippen LogP) is 1.85. The molecular weight excluding hydrogens is 262 g/mol. The first-order valence-corrected chi connectivity index (χ1v) is 7.35. The van der Waals surface area contributed by atoms with Crippen molar-refractivity contribution in [3.05, 3.63) is 11.2 Å². The Labute approximate surface area is 119 Å². The van der Waals surface area contributed by atoms with Gasteiger partial charge in [0.15, 0.2) is 5.82 Å². The fourth-order valence-corrected chi connectivity index (χ4v) is 3.26. The van der Waals surface area contributed by atoms with Gasteiger partial charge in [0.25, 0.3) is 0 Å². The summed E-state index contributed by atoms with van der Waals surface area (Å²) >= 11 is 6.25. The number of piperazine rings is 1. The van der Waals surface area contributed by atoms with Crippen molar-refractivity contribution in [1.82, 2.24) is 14.9 Å². The third-order valence-electron chi connectivity index (χ3n) is 4.09. The molecule has 0 aromatic carbocycles. The highest BCUT2D eigenvalue weighted by molar-refractivity contribution is 6.32. The SMILES string of the molecule is CNc1ncc(Cl)c(N2CCN3CCCCC3C2)n1. The van der Waals surface area contributed by atoms with Gasteiger partial charge in [-0.05, 0) is 19.4 Å². The summed E-state index contributed by atoms with van der Waals surface area (Å²) in [5.41, 5.74) is 0. The summed E-state index contributed by atoms with van der Waals surface area (Å²) < 4.78 is 0. The second-order valence-electron chi connectivity index (χ2n) is 5.25. The van der Waals surface area contributed by atoms with Crippen molar-refractivity contribution < 1.29 is 0 Å². The van der Waals surface area contributed by atoms with Gasteiger partial charge in [0, 0.05) is 32.7 Å². The Morgan fingerprint density at radius 2 is 2.21 bits per heavy atom. The molecule has 3 rings (SSSR count). The van der Waals surface area contributed by atoms with E-state index in [1.807, 2.05) is 7.05 Å². The lowest BCUT2D eigenvalue weighted by atomic mass is 9.99. The van der Waals surface area contributed by atoms with Gasteiger partial charge in [-0.25, -0.2) is 4.98 Å². The molecular formula is C13H20ClN5. The zero-order valence-electron chi connectivity index (χ0n) is 11.3. The van der Waals surface area contributed by atoms with E-state index in [0.717, 1.165) is 25.5 Å². The van der Waals surface area contributed by atoms with Crippen LogP contribution >= 0.6 is 11.6 Å². The molecule has 1 atom stereocenters. The van der Waals surface area contributed by atoms with E-state index in [1.54, 1.807) is 6.20 Å². The van der Waals surface area contributed by atoms with Crippen molar-refractivity contribution in [3.63, 3.8) is 0 Å². The maximum absolute atomic E-state index is 6.25. The molecule has 0 amide bonds. The van der Waals surface area contributed by atoms with Crippen molar-refractivity contribution in [1.29, 1.82) is 0 Å². The van der Waals surface area contributed by atoms with Gasteiger partial charge in [-0.15, -0.1) is 0 Å². The summed E-state index contributed by atoms with van der Waals surface area (Å²) in [4.78, 5) is 13.6. The van der Waals surface area contributed by atoms with Crippen LogP contribution in [0.2, 0.25) is 5.02 Å². The van der Waals surface area contributed by atoms with Crippen LogP contribution < -0.4 is 10.2 Å². The van der Waals surface area contributed by atoms with E-state index in [9.17, 15) is 0 Å². The normalized spacial score (nSPS) is 24.1. The van der Waals surface area contributed by atoms with Crippen LogP contribution in [-0.2, 0) is 0 Å². The van der Waals surface area contributed by atoms with E-state index in [0.29, 0.717) is 17.0 Å². The van der Waals surface area contributed by atoms with Crippen LogP contribution in [0.4, 0.5) is 11.8 Å². The third kappa shape index (κ3) is 2.62. The van der Waals surface area contributed by atoms with Crippen molar-refractivity contribution in [2.24, 2.45) is 0 Å². The largest absolute Gasteiger partial charge is 0.357 e. The highest BCUT2D eigenvalue weighted by Crippen LogP contribution is 2.28. The molecule has 0 saturated carbocycles. The van der Waals surface area contributed by atoms with E-state index < -0.39 is 0 Å². The van der Waals surface area contributed by atoms with Gasteiger partial charge in [-0.2, -0.15) is 4.98 Å². The second kappa shape index (κ2) is 5.51. The minimum Gasteiger partial charge on any atom is -0.357 e. The molecule has 5 nitrogen and oxygen atoms in total. The van der Waals surface area contributed by atoms with Crippen molar-refractivity contribution >= 4 is 23.4 Å². The average molecular weight is 282 g/mol. The van der Waals surface area contributed by atoms with Crippen LogP contribution in [0, 0.1) is 0 Å². The molecule has 104 valence electrons. The van der Waals surface area contributed by atoms with Gasteiger partial charge < -0.3 is 10.2 Å². The lowest BCUT2D eigenvalue weighted by Gasteiger charge is -2.44. The molecule has 3 heterocycles. The number of nitrogens with one attached hydrogen (secondary N) is 1. The molecule has 19 heavy (non-hydrogen) atoms. The number of nitrogens with zero attached hydrogens (tertiary/aromatic N) is 4. The van der Waals surface area contributed by atoms with Gasteiger partial charge in [0.1, 0.15) is 5.02 Å². The van der Waals surface area contributed by atoms with Crippen molar-refractivity contribution in [2.45, 2.75) is 25.3 Å². The maximum atomic E-state index is 6.25. The second-order valence-corrected chi connectivity index (χ2v) is 5.65. The van der Waals surface area contributed by atoms with Gasteiger partial charge >= 0.3 is 0 Å². The Bertz CT molecular complexity index is 453. The van der Waals surface area contributed by atoms with E-state index in [2.05, 4.69) is 25.1 Å². The smallest absolute Gasteiger partial charge is 0.224 e. The van der Waals surface area contributed by atoms with Crippen LogP contribution in [0.15, 0.2) is 6.20 Å². The van der Waals surface area contributed by atoms with Crippen LogP contribution in [0.3, 0.4) is 0 Å². The lowest BCUT2D eigenvalue weighted by Crippen LogP contribution is -2.55. The summed E-state index contributed by atoms with van der Waals surface area (Å²) in [7, 11) is 1.83. The van der Waals surface area contributed by atoms with E-state index in [1.165, 1.54) is 25.8 Å². The molecule has 2 aliphatic rings. The molecule has 0 radical (unpaired) electrons. The number of piperidine rings is 1.